The van der Waals surface area contributed by atoms with Crippen LogP contribution < -0.4 is 9.47 Å². The van der Waals surface area contributed by atoms with E-state index in [2.05, 4.69) is 74.0 Å². The van der Waals surface area contributed by atoms with Crippen LogP contribution in [0.5, 0.6) is 17.2 Å². The van der Waals surface area contributed by atoms with Crippen LogP contribution in [-0.2, 0) is 0 Å². The van der Waals surface area contributed by atoms with E-state index in [-0.39, 0.29) is 17.8 Å². The summed E-state index contributed by atoms with van der Waals surface area (Å²) < 4.78 is 11.7. The van der Waals surface area contributed by atoms with Gasteiger partial charge in [-0.15, -0.1) is 0 Å². The molecule has 0 amide bonds. The highest BCUT2D eigenvalue weighted by Gasteiger charge is 2.20. The van der Waals surface area contributed by atoms with E-state index < -0.39 is 0 Å². The van der Waals surface area contributed by atoms with Gasteiger partial charge in [-0.25, -0.2) is 0 Å². The van der Waals surface area contributed by atoms with Gasteiger partial charge in [-0.1, -0.05) is 86.1 Å². The normalized spacial score (nSPS) is 12.8. The van der Waals surface area contributed by atoms with Gasteiger partial charge in [0.05, 0.1) is 14.2 Å². The third-order valence-corrected chi connectivity index (χ3v) is 6.67. The molecule has 1 atom stereocenters. The van der Waals surface area contributed by atoms with Crippen LogP contribution >= 0.6 is 15.9 Å². The summed E-state index contributed by atoms with van der Waals surface area (Å²) >= 11 is 3.81. The van der Waals surface area contributed by atoms with Crippen LogP contribution in [0.3, 0.4) is 0 Å². The fourth-order valence-corrected chi connectivity index (χ4v) is 4.48. The number of methoxy groups -OCH3 is 2. The Morgan fingerprint density at radius 1 is 0.758 bits per heavy atom. The Labute approximate surface area is 206 Å². The predicted molar refractivity (Wildman–Crippen MR) is 141 cm³/mol. The Morgan fingerprint density at radius 3 is 1.64 bits per heavy atom. The predicted octanol–water partition coefficient (Wildman–Crippen LogP) is 8.22. The molecule has 0 heterocycles. The molecule has 0 spiro atoms. The third-order valence-electron chi connectivity index (χ3n) is 5.95. The fourth-order valence-electron chi connectivity index (χ4n) is 3.95. The highest BCUT2D eigenvalue weighted by atomic mass is 79.9. The first-order valence-electron chi connectivity index (χ1n) is 11.3. The molecule has 0 aliphatic rings. The lowest BCUT2D eigenvalue weighted by Gasteiger charge is -2.22. The lowest BCUT2D eigenvalue weighted by molar-refractivity contribution is 0.414. The SMILES string of the molecule is COc1ccc(C(Br)=CC(c2ccc(OC)cc2)c2cc(C(C)C)c(O)c(C(C)C)c2)cc1. The molecule has 3 aromatic rings. The van der Waals surface area contributed by atoms with Gasteiger partial charge in [0.1, 0.15) is 17.2 Å². The molecule has 0 fully saturated rings. The molecule has 3 rings (SSSR count). The van der Waals surface area contributed by atoms with Gasteiger partial charge in [0.25, 0.3) is 0 Å². The standard InChI is InChI=1S/C29H33BrO3/c1-18(2)25-15-22(16-26(19(3)4)29(25)31)27(20-7-11-23(32-5)12-8-20)17-28(30)21-9-13-24(33-6)14-10-21/h7-19,27,31H,1-6H3. The Morgan fingerprint density at radius 2 is 1.21 bits per heavy atom. The first-order chi connectivity index (χ1) is 15.7. The number of rotatable bonds is 8. The molecule has 174 valence electrons. The van der Waals surface area contributed by atoms with Crippen LogP contribution in [0.1, 0.15) is 73.3 Å². The number of phenolic OH excluding ortho intramolecular Hbond substituents is 1. The van der Waals surface area contributed by atoms with Crippen molar-refractivity contribution < 1.29 is 14.6 Å². The molecule has 0 saturated heterocycles. The third kappa shape index (κ3) is 5.80. The quantitative estimate of drug-likeness (QED) is 0.333. The van der Waals surface area contributed by atoms with Crippen molar-refractivity contribution >= 4 is 20.4 Å². The lowest BCUT2D eigenvalue weighted by Crippen LogP contribution is -2.04. The molecule has 0 aromatic heterocycles. The second kappa shape index (κ2) is 10.9. The molecule has 0 radical (unpaired) electrons. The summed E-state index contributed by atoms with van der Waals surface area (Å²) in [5, 5.41) is 10.9. The highest BCUT2D eigenvalue weighted by molar-refractivity contribution is 9.15. The van der Waals surface area contributed by atoms with E-state index in [1.54, 1.807) is 14.2 Å². The Balaban J connectivity index is 2.18. The van der Waals surface area contributed by atoms with Crippen LogP contribution in [0.25, 0.3) is 4.48 Å². The first-order valence-corrected chi connectivity index (χ1v) is 12.1. The molecule has 3 nitrogen and oxygen atoms in total. The van der Waals surface area contributed by atoms with Gasteiger partial charge in [-0.05, 0) is 63.9 Å². The molecular formula is C29H33BrO3. The second-order valence-electron chi connectivity index (χ2n) is 8.85. The molecule has 4 heteroatoms. The van der Waals surface area contributed by atoms with Gasteiger partial charge in [-0.2, -0.15) is 0 Å². The van der Waals surface area contributed by atoms with Crippen LogP contribution in [-0.4, -0.2) is 19.3 Å². The fraction of sp³-hybridized carbons (Fsp3) is 0.310. The Hall–Kier alpha value is -2.72. The van der Waals surface area contributed by atoms with Gasteiger partial charge in [0.2, 0.25) is 0 Å². The maximum Gasteiger partial charge on any atom is 0.122 e. The summed E-state index contributed by atoms with van der Waals surface area (Å²) in [7, 11) is 3.35. The average molecular weight is 509 g/mol. The highest BCUT2D eigenvalue weighted by Crippen LogP contribution is 2.40. The maximum absolute atomic E-state index is 10.9. The Kier molecular flexibility index (Phi) is 8.25. The van der Waals surface area contributed by atoms with E-state index in [0.717, 1.165) is 43.8 Å². The van der Waals surface area contributed by atoms with Crippen molar-refractivity contribution in [2.75, 3.05) is 14.2 Å². The number of aromatic hydroxyl groups is 1. The molecule has 3 aromatic carbocycles. The summed E-state index contributed by atoms with van der Waals surface area (Å²) in [6.45, 7) is 8.48. The minimum atomic E-state index is -0.0111. The molecule has 1 N–H and O–H groups in total. The molecular weight excluding hydrogens is 476 g/mol. The van der Waals surface area contributed by atoms with Crippen molar-refractivity contribution in [3.8, 4) is 17.2 Å². The summed E-state index contributed by atoms with van der Waals surface area (Å²) in [6, 6.07) is 20.5. The molecule has 33 heavy (non-hydrogen) atoms. The van der Waals surface area contributed by atoms with Crippen molar-refractivity contribution in [1.82, 2.24) is 0 Å². The van der Waals surface area contributed by atoms with Crippen molar-refractivity contribution in [3.63, 3.8) is 0 Å². The molecule has 0 bridgehead atoms. The van der Waals surface area contributed by atoms with Crippen LogP contribution in [0.2, 0.25) is 0 Å². The smallest absolute Gasteiger partial charge is 0.122 e. The minimum absolute atomic E-state index is 0.0111. The number of allylic oxidation sites excluding steroid dienone is 1. The van der Waals surface area contributed by atoms with Gasteiger partial charge < -0.3 is 14.6 Å². The van der Waals surface area contributed by atoms with Crippen LogP contribution in [0.4, 0.5) is 0 Å². The van der Waals surface area contributed by atoms with Crippen molar-refractivity contribution in [3.05, 3.63) is 94.6 Å². The molecule has 1 unspecified atom stereocenters. The van der Waals surface area contributed by atoms with Gasteiger partial charge in [-0.3, -0.25) is 0 Å². The van der Waals surface area contributed by atoms with Crippen molar-refractivity contribution in [1.29, 1.82) is 0 Å². The topological polar surface area (TPSA) is 38.7 Å². The summed E-state index contributed by atoms with van der Waals surface area (Å²) in [4.78, 5) is 0. The number of hydrogen-bond acceptors (Lipinski definition) is 3. The summed E-state index contributed by atoms with van der Waals surface area (Å²) in [5.74, 6) is 2.49. The molecule has 0 aliphatic heterocycles. The van der Waals surface area contributed by atoms with Crippen LogP contribution in [0, 0.1) is 0 Å². The molecule has 0 aliphatic carbocycles. The zero-order chi connectivity index (χ0) is 24.1. The monoisotopic (exact) mass is 508 g/mol. The number of ether oxygens (including phenoxy) is 2. The number of hydrogen-bond donors (Lipinski definition) is 1. The zero-order valence-corrected chi connectivity index (χ0v) is 21.8. The van der Waals surface area contributed by atoms with E-state index in [4.69, 9.17) is 9.47 Å². The lowest BCUT2D eigenvalue weighted by atomic mass is 9.84. The van der Waals surface area contributed by atoms with Crippen molar-refractivity contribution in [2.45, 2.75) is 45.4 Å². The van der Waals surface area contributed by atoms with E-state index in [1.807, 2.05) is 36.4 Å². The number of halogens is 1. The maximum atomic E-state index is 10.9. The van der Waals surface area contributed by atoms with E-state index in [0.29, 0.717) is 5.75 Å². The largest absolute Gasteiger partial charge is 0.507 e. The summed E-state index contributed by atoms with van der Waals surface area (Å²) in [6.07, 6.45) is 2.23. The van der Waals surface area contributed by atoms with Crippen molar-refractivity contribution in [2.24, 2.45) is 0 Å². The summed E-state index contributed by atoms with van der Waals surface area (Å²) in [5.41, 5.74) is 5.32. The number of phenols is 1. The van der Waals surface area contributed by atoms with Gasteiger partial charge in [0, 0.05) is 10.4 Å². The van der Waals surface area contributed by atoms with E-state index >= 15 is 0 Å². The Bertz CT molecular complexity index is 1070. The molecule has 0 saturated carbocycles. The second-order valence-corrected chi connectivity index (χ2v) is 9.71. The van der Waals surface area contributed by atoms with Crippen LogP contribution in [0.15, 0.2) is 66.7 Å². The average Bonchev–Trinajstić information content (AvgIpc) is 2.82. The minimum Gasteiger partial charge on any atom is -0.507 e. The van der Waals surface area contributed by atoms with E-state index in [1.165, 1.54) is 0 Å². The van der Waals surface area contributed by atoms with Gasteiger partial charge in [0.15, 0.2) is 0 Å². The van der Waals surface area contributed by atoms with Gasteiger partial charge >= 0.3 is 0 Å². The number of benzene rings is 3. The first kappa shape index (κ1) is 24.9. The van der Waals surface area contributed by atoms with E-state index in [9.17, 15) is 5.11 Å². The zero-order valence-electron chi connectivity index (χ0n) is 20.2.